The monoisotopic (exact) mass is 178 g/mol. The molecule has 0 N–H and O–H groups in total. The highest BCUT2D eigenvalue weighted by Gasteiger charge is 2.43. The second-order valence-electron chi connectivity index (χ2n) is 3.40. The molecule has 2 aliphatic rings. The van der Waals surface area contributed by atoms with Gasteiger partial charge in [0.25, 0.3) is 0 Å². The van der Waals surface area contributed by atoms with Gasteiger partial charge in [-0.25, -0.2) is 0 Å². The van der Waals surface area contributed by atoms with Gasteiger partial charge >= 0.3 is 5.97 Å². The van der Waals surface area contributed by atoms with Crippen molar-refractivity contribution >= 4 is 11.8 Å². The van der Waals surface area contributed by atoms with Crippen LogP contribution in [0.15, 0.2) is 24.0 Å². The Morgan fingerprint density at radius 1 is 1.69 bits per heavy atom. The first kappa shape index (κ1) is 8.23. The second kappa shape index (κ2) is 2.83. The molecule has 1 fully saturated rings. The molecular formula is C10H10O3. The van der Waals surface area contributed by atoms with E-state index in [1.54, 1.807) is 0 Å². The largest absolute Gasteiger partial charge is 0.434 e. The van der Waals surface area contributed by atoms with E-state index in [0.717, 1.165) is 5.57 Å². The number of fused-ring (bicyclic) bond motifs is 1. The number of allylic oxidation sites excluding steroid dienone is 3. The van der Waals surface area contributed by atoms with E-state index in [2.05, 4.69) is 0 Å². The Bertz CT molecular complexity index is 325. The van der Waals surface area contributed by atoms with Gasteiger partial charge in [0.1, 0.15) is 5.78 Å². The van der Waals surface area contributed by atoms with Gasteiger partial charge in [-0.1, -0.05) is 12.2 Å². The maximum absolute atomic E-state index is 11.1. The van der Waals surface area contributed by atoms with Gasteiger partial charge in [-0.2, -0.15) is 0 Å². The fourth-order valence-electron chi connectivity index (χ4n) is 1.77. The molecule has 0 heterocycles. The standard InChI is InChI=1S/C10H10O3/c1-6(11)13-5-8-3-2-7-4-9(12)10(7)8/h2-3,5,7,10H,4H2,1H3. The minimum atomic E-state index is -0.351. The molecule has 0 amide bonds. The lowest BCUT2D eigenvalue weighted by Gasteiger charge is -2.28. The summed E-state index contributed by atoms with van der Waals surface area (Å²) in [4.78, 5) is 21.7. The van der Waals surface area contributed by atoms with Gasteiger partial charge in [0.15, 0.2) is 0 Å². The fraction of sp³-hybridized carbons (Fsp3) is 0.400. The van der Waals surface area contributed by atoms with Gasteiger partial charge in [-0.15, -0.1) is 0 Å². The second-order valence-corrected chi connectivity index (χ2v) is 3.40. The minimum absolute atomic E-state index is 0.0284. The zero-order valence-electron chi connectivity index (χ0n) is 7.32. The number of ketones is 1. The topological polar surface area (TPSA) is 43.4 Å². The number of rotatable bonds is 1. The van der Waals surface area contributed by atoms with Gasteiger partial charge in [0.05, 0.1) is 12.2 Å². The van der Waals surface area contributed by atoms with Crippen molar-refractivity contribution in [3.05, 3.63) is 24.0 Å². The highest BCUT2D eigenvalue weighted by molar-refractivity contribution is 5.92. The van der Waals surface area contributed by atoms with E-state index >= 15 is 0 Å². The average Bonchev–Trinajstić information content (AvgIpc) is 2.37. The summed E-state index contributed by atoms with van der Waals surface area (Å²) in [6.07, 6.45) is 5.89. The number of hydrogen-bond donors (Lipinski definition) is 0. The molecule has 2 rings (SSSR count). The Balaban J connectivity index is 2.08. The van der Waals surface area contributed by atoms with Crippen LogP contribution in [0.1, 0.15) is 13.3 Å². The van der Waals surface area contributed by atoms with E-state index in [9.17, 15) is 9.59 Å². The average molecular weight is 178 g/mol. The van der Waals surface area contributed by atoms with Crippen molar-refractivity contribution in [1.82, 2.24) is 0 Å². The van der Waals surface area contributed by atoms with Crippen molar-refractivity contribution in [2.75, 3.05) is 0 Å². The number of carbonyl (C=O) groups is 2. The van der Waals surface area contributed by atoms with Crippen molar-refractivity contribution < 1.29 is 14.3 Å². The zero-order valence-corrected chi connectivity index (χ0v) is 7.32. The molecule has 0 saturated heterocycles. The highest BCUT2D eigenvalue weighted by atomic mass is 16.5. The van der Waals surface area contributed by atoms with E-state index in [4.69, 9.17) is 4.74 Å². The molecule has 2 aliphatic carbocycles. The molecule has 1 saturated carbocycles. The summed E-state index contributed by atoms with van der Waals surface area (Å²) in [5, 5.41) is 0. The van der Waals surface area contributed by atoms with Crippen molar-refractivity contribution in [3.63, 3.8) is 0 Å². The van der Waals surface area contributed by atoms with Gasteiger partial charge in [-0.3, -0.25) is 9.59 Å². The van der Waals surface area contributed by atoms with Crippen molar-refractivity contribution in [3.8, 4) is 0 Å². The van der Waals surface area contributed by atoms with Crippen LogP contribution >= 0.6 is 0 Å². The van der Waals surface area contributed by atoms with Crippen molar-refractivity contribution in [2.24, 2.45) is 11.8 Å². The van der Waals surface area contributed by atoms with E-state index in [1.165, 1.54) is 13.2 Å². The van der Waals surface area contributed by atoms with E-state index in [0.29, 0.717) is 12.3 Å². The van der Waals surface area contributed by atoms with Crippen LogP contribution in [-0.2, 0) is 14.3 Å². The normalized spacial score (nSPS) is 33.0. The Labute approximate surface area is 76.1 Å². The first-order valence-corrected chi connectivity index (χ1v) is 4.26. The molecule has 68 valence electrons. The van der Waals surface area contributed by atoms with Crippen LogP contribution in [0.4, 0.5) is 0 Å². The van der Waals surface area contributed by atoms with Crippen molar-refractivity contribution in [1.29, 1.82) is 0 Å². The van der Waals surface area contributed by atoms with Crippen LogP contribution in [0, 0.1) is 11.8 Å². The Morgan fingerprint density at radius 2 is 2.46 bits per heavy atom. The maximum Gasteiger partial charge on any atom is 0.307 e. The maximum atomic E-state index is 11.1. The van der Waals surface area contributed by atoms with Gasteiger partial charge in [-0.05, 0) is 11.5 Å². The number of carbonyl (C=O) groups excluding carboxylic acids is 2. The lowest BCUT2D eigenvalue weighted by Crippen LogP contribution is -2.33. The molecule has 13 heavy (non-hydrogen) atoms. The Kier molecular flexibility index (Phi) is 1.79. The Hall–Kier alpha value is -1.38. The predicted molar refractivity (Wildman–Crippen MR) is 45.6 cm³/mol. The quantitative estimate of drug-likeness (QED) is 0.447. The van der Waals surface area contributed by atoms with Crippen LogP contribution < -0.4 is 0 Å². The highest BCUT2D eigenvalue weighted by Crippen LogP contribution is 2.42. The Morgan fingerprint density at radius 3 is 3.08 bits per heavy atom. The molecule has 0 radical (unpaired) electrons. The number of esters is 1. The third-order valence-corrected chi connectivity index (χ3v) is 2.47. The summed E-state index contributed by atoms with van der Waals surface area (Å²) in [7, 11) is 0. The first-order chi connectivity index (χ1) is 6.18. The summed E-state index contributed by atoms with van der Waals surface area (Å²) in [6, 6.07) is 0. The lowest BCUT2D eigenvalue weighted by molar-refractivity contribution is -0.136. The number of Topliss-reactive ketones (excluding diaryl/α,β-unsaturated/α-hetero) is 1. The van der Waals surface area contributed by atoms with Crippen molar-refractivity contribution in [2.45, 2.75) is 13.3 Å². The van der Waals surface area contributed by atoms with E-state index in [-0.39, 0.29) is 17.7 Å². The lowest BCUT2D eigenvalue weighted by atomic mass is 9.73. The predicted octanol–water partition coefficient (Wildman–Crippen LogP) is 1.21. The third kappa shape index (κ3) is 1.30. The van der Waals surface area contributed by atoms with Crippen LogP contribution in [0.5, 0.6) is 0 Å². The van der Waals surface area contributed by atoms with E-state index in [1.807, 2.05) is 12.2 Å². The molecule has 0 aromatic rings. The van der Waals surface area contributed by atoms with Crippen LogP contribution in [-0.4, -0.2) is 11.8 Å². The van der Waals surface area contributed by atoms with Gasteiger partial charge < -0.3 is 4.74 Å². The number of ether oxygens (including phenoxy) is 1. The summed E-state index contributed by atoms with van der Waals surface area (Å²) in [5.74, 6) is 0.221. The molecule has 0 spiro atoms. The summed E-state index contributed by atoms with van der Waals surface area (Å²) in [6.45, 7) is 1.34. The van der Waals surface area contributed by atoms with Crippen LogP contribution in [0.2, 0.25) is 0 Å². The zero-order chi connectivity index (χ0) is 9.42. The van der Waals surface area contributed by atoms with Gasteiger partial charge in [0, 0.05) is 13.3 Å². The first-order valence-electron chi connectivity index (χ1n) is 4.26. The number of hydrogen-bond acceptors (Lipinski definition) is 3. The molecular weight excluding hydrogens is 168 g/mol. The molecule has 0 aromatic carbocycles. The summed E-state index contributed by atoms with van der Waals surface area (Å²) >= 11 is 0. The van der Waals surface area contributed by atoms with Gasteiger partial charge in [0.2, 0.25) is 0 Å². The fourth-order valence-corrected chi connectivity index (χ4v) is 1.77. The molecule has 0 bridgehead atoms. The minimum Gasteiger partial charge on any atom is -0.434 e. The summed E-state index contributed by atoms with van der Waals surface area (Å²) in [5.41, 5.74) is 0.830. The SMILES string of the molecule is CC(=O)OC=C1C=CC2CC(=O)C12. The molecule has 0 aliphatic heterocycles. The van der Waals surface area contributed by atoms with E-state index < -0.39 is 0 Å². The smallest absolute Gasteiger partial charge is 0.307 e. The van der Waals surface area contributed by atoms with Crippen LogP contribution in [0.25, 0.3) is 0 Å². The third-order valence-electron chi connectivity index (χ3n) is 2.47. The molecule has 2 unspecified atom stereocenters. The van der Waals surface area contributed by atoms with Crippen LogP contribution in [0.3, 0.4) is 0 Å². The molecule has 0 aromatic heterocycles. The molecule has 2 atom stereocenters. The molecule has 3 heteroatoms. The molecule has 3 nitrogen and oxygen atoms in total. The summed E-state index contributed by atoms with van der Waals surface area (Å²) < 4.78 is 4.72.